The molecule has 1 aromatic heterocycles. The molecule has 0 aliphatic carbocycles. The van der Waals surface area contributed by atoms with Gasteiger partial charge in [0.25, 0.3) is 0 Å². The average molecular weight is 249 g/mol. The van der Waals surface area contributed by atoms with Crippen molar-refractivity contribution in [3.63, 3.8) is 0 Å². The number of nitrogens with two attached hydrogens (primary N) is 1. The average Bonchev–Trinajstić information content (AvgIpc) is 2.66. The summed E-state index contributed by atoms with van der Waals surface area (Å²) in [5, 5.41) is 9.40. The Morgan fingerprint density at radius 1 is 1.44 bits per heavy atom. The maximum atomic E-state index is 9.40. The number of aliphatic hydroxyl groups excluding tert-OH is 1. The summed E-state index contributed by atoms with van der Waals surface area (Å²) in [6.07, 6.45) is 0. The van der Waals surface area contributed by atoms with Crippen LogP contribution in [0.15, 0.2) is 18.2 Å². The van der Waals surface area contributed by atoms with Crippen LogP contribution >= 0.6 is 0 Å². The van der Waals surface area contributed by atoms with E-state index in [2.05, 4.69) is 4.98 Å². The summed E-state index contributed by atoms with van der Waals surface area (Å²) >= 11 is 0. The number of fused-ring (bicyclic) bond motifs is 1. The van der Waals surface area contributed by atoms with Crippen molar-refractivity contribution in [3.05, 3.63) is 24.0 Å². The van der Waals surface area contributed by atoms with E-state index in [0.29, 0.717) is 18.1 Å². The molecule has 0 bridgehead atoms. The van der Waals surface area contributed by atoms with Gasteiger partial charge in [-0.15, -0.1) is 0 Å². The monoisotopic (exact) mass is 249 g/mol. The molecule has 0 radical (unpaired) electrons. The minimum Gasteiger partial charge on any atom is -0.399 e. The van der Waals surface area contributed by atoms with Gasteiger partial charge in [-0.05, 0) is 32.0 Å². The number of nitrogens with zero attached hydrogens (tertiary/aromatic N) is 2. The Balaban J connectivity index is 2.53. The first kappa shape index (κ1) is 12.9. The van der Waals surface area contributed by atoms with Crippen LogP contribution in [0.2, 0.25) is 0 Å². The zero-order chi connectivity index (χ0) is 13.3. The highest BCUT2D eigenvalue weighted by Crippen LogP contribution is 2.22. The Morgan fingerprint density at radius 3 is 2.78 bits per heavy atom. The number of imidazole rings is 1. The van der Waals surface area contributed by atoms with Crippen molar-refractivity contribution in [2.24, 2.45) is 0 Å². The van der Waals surface area contributed by atoms with Crippen molar-refractivity contribution in [1.29, 1.82) is 0 Å². The largest absolute Gasteiger partial charge is 0.399 e. The lowest BCUT2D eigenvalue weighted by atomic mass is 10.1. The minimum atomic E-state index is -0.320. The summed E-state index contributed by atoms with van der Waals surface area (Å²) in [6.45, 7) is 4.52. The van der Waals surface area contributed by atoms with Crippen LogP contribution in [-0.2, 0) is 17.9 Å². The maximum Gasteiger partial charge on any atom is 0.135 e. The smallest absolute Gasteiger partial charge is 0.135 e. The number of aromatic nitrogens is 2. The third kappa shape index (κ3) is 2.32. The summed E-state index contributed by atoms with van der Waals surface area (Å²) in [5.74, 6) is 0.626. The fourth-order valence-corrected chi connectivity index (χ4v) is 1.94. The summed E-state index contributed by atoms with van der Waals surface area (Å²) in [6, 6.07) is 5.56. The van der Waals surface area contributed by atoms with Crippen LogP contribution in [0.3, 0.4) is 0 Å². The Bertz CT molecular complexity index is 561. The number of nitrogen functional groups attached to an aromatic ring is 1. The second-order valence-corrected chi connectivity index (χ2v) is 4.98. The highest BCUT2D eigenvalue weighted by atomic mass is 16.5. The highest BCUT2D eigenvalue weighted by Gasteiger charge is 2.21. The zero-order valence-corrected chi connectivity index (χ0v) is 11.0. The predicted molar refractivity (Wildman–Crippen MR) is 71.2 cm³/mol. The molecule has 0 aliphatic heterocycles. The lowest BCUT2D eigenvalue weighted by molar-refractivity contribution is 0.00778. The maximum absolute atomic E-state index is 9.40. The topological polar surface area (TPSA) is 73.3 Å². The quantitative estimate of drug-likeness (QED) is 0.806. The molecule has 98 valence electrons. The van der Waals surface area contributed by atoms with Gasteiger partial charge < -0.3 is 20.1 Å². The normalized spacial score (nSPS) is 12.2. The van der Waals surface area contributed by atoms with Crippen LogP contribution in [0, 0.1) is 0 Å². The fraction of sp³-hybridized carbons (Fsp3) is 0.462. The van der Waals surface area contributed by atoms with Crippen LogP contribution in [0.1, 0.15) is 19.7 Å². The summed E-state index contributed by atoms with van der Waals surface area (Å²) in [5.41, 5.74) is 7.84. The molecule has 1 heterocycles. The summed E-state index contributed by atoms with van der Waals surface area (Å²) < 4.78 is 7.40. The van der Waals surface area contributed by atoms with Gasteiger partial charge in [0.15, 0.2) is 0 Å². The van der Waals surface area contributed by atoms with E-state index in [4.69, 9.17) is 10.5 Å². The predicted octanol–water partition coefficient (Wildman–Crippen LogP) is 1.54. The molecule has 0 fully saturated rings. The van der Waals surface area contributed by atoms with Crippen molar-refractivity contribution in [2.45, 2.75) is 32.6 Å². The van der Waals surface area contributed by atoms with Crippen molar-refractivity contribution < 1.29 is 9.84 Å². The van der Waals surface area contributed by atoms with E-state index in [-0.39, 0.29) is 12.2 Å². The van der Waals surface area contributed by atoms with E-state index in [1.54, 1.807) is 7.11 Å². The van der Waals surface area contributed by atoms with Crippen molar-refractivity contribution in [3.8, 4) is 0 Å². The molecule has 2 rings (SSSR count). The molecule has 0 atom stereocenters. The van der Waals surface area contributed by atoms with Gasteiger partial charge in [0, 0.05) is 12.8 Å². The van der Waals surface area contributed by atoms with Gasteiger partial charge in [0.05, 0.1) is 23.2 Å². The van der Waals surface area contributed by atoms with E-state index < -0.39 is 0 Å². The standard InChI is InChI=1S/C13H19N3O2/c1-13(2,18-3)8-16-11-5-4-9(14)6-10(11)15-12(16)7-17/h4-6,17H,7-8,14H2,1-3H3. The van der Waals surface area contributed by atoms with Gasteiger partial charge in [0.2, 0.25) is 0 Å². The fourth-order valence-electron chi connectivity index (χ4n) is 1.94. The van der Waals surface area contributed by atoms with Gasteiger partial charge in [0.1, 0.15) is 12.4 Å². The summed E-state index contributed by atoms with van der Waals surface area (Å²) in [7, 11) is 1.68. The Kier molecular flexibility index (Phi) is 3.28. The van der Waals surface area contributed by atoms with E-state index in [0.717, 1.165) is 11.0 Å². The van der Waals surface area contributed by atoms with Crippen LogP contribution in [0.5, 0.6) is 0 Å². The molecule has 1 aromatic carbocycles. The molecule has 18 heavy (non-hydrogen) atoms. The van der Waals surface area contributed by atoms with E-state index >= 15 is 0 Å². The number of anilines is 1. The highest BCUT2D eigenvalue weighted by molar-refractivity contribution is 5.79. The molecule has 0 saturated heterocycles. The molecule has 0 spiro atoms. The number of methoxy groups -OCH3 is 1. The molecule has 2 aromatic rings. The van der Waals surface area contributed by atoms with Gasteiger partial charge in [-0.2, -0.15) is 0 Å². The Hall–Kier alpha value is -1.59. The Labute approximate surface area is 106 Å². The molecule has 0 aliphatic rings. The van der Waals surface area contributed by atoms with Crippen molar-refractivity contribution in [2.75, 3.05) is 12.8 Å². The first-order valence-electron chi connectivity index (χ1n) is 5.87. The number of hydrogen-bond acceptors (Lipinski definition) is 4. The number of ether oxygens (including phenoxy) is 1. The third-order valence-electron chi connectivity index (χ3n) is 3.08. The minimum absolute atomic E-state index is 0.103. The van der Waals surface area contributed by atoms with Gasteiger partial charge in [-0.1, -0.05) is 0 Å². The lowest BCUT2D eigenvalue weighted by Gasteiger charge is -2.24. The zero-order valence-electron chi connectivity index (χ0n) is 11.0. The second kappa shape index (κ2) is 4.59. The van der Waals surface area contributed by atoms with E-state index in [1.165, 1.54) is 0 Å². The SMILES string of the molecule is COC(C)(C)Cn1c(CO)nc2cc(N)ccc21. The van der Waals surface area contributed by atoms with Crippen LogP contribution in [0.25, 0.3) is 11.0 Å². The molecule has 0 unspecified atom stereocenters. The number of aliphatic hydroxyl groups is 1. The molecule has 5 nitrogen and oxygen atoms in total. The van der Waals surface area contributed by atoms with Gasteiger partial charge >= 0.3 is 0 Å². The third-order valence-corrected chi connectivity index (χ3v) is 3.08. The molecule has 0 amide bonds. The number of hydrogen-bond donors (Lipinski definition) is 2. The van der Waals surface area contributed by atoms with Crippen LogP contribution in [0.4, 0.5) is 5.69 Å². The Morgan fingerprint density at radius 2 is 2.17 bits per heavy atom. The first-order valence-corrected chi connectivity index (χ1v) is 5.87. The molecule has 5 heteroatoms. The van der Waals surface area contributed by atoms with E-state index in [1.807, 2.05) is 36.6 Å². The molecule has 3 N–H and O–H groups in total. The first-order chi connectivity index (χ1) is 8.46. The van der Waals surface area contributed by atoms with Gasteiger partial charge in [-0.25, -0.2) is 4.98 Å². The van der Waals surface area contributed by atoms with Gasteiger partial charge in [-0.3, -0.25) is 0 Å². The van der Waals surface area contributed by atoms with Crippen LogP contribution < -0.4 is 5.73 Å². The molecular weight excluding hydrogens is 230 g/mol. The number of benzene rings is 1. The second-order valence-electron chi connectivity index (χ2n) is 4.98. The molecule has 0 saturated carbocycles. The summed E-state index contributed by atoms with van der Waals surface area (Å²) in [4.78, 5) is 4.39. The molecular formula is C13H19N3O2. The van der Waals surface area contributed by atoms with Crippen LogP contribution in [-0.4, -0.2) is 27.4 Å². The van der Waals surface area contributed by atoms with Crippen molar-refractivity contribution >= 4 is 16.7 Å². The van der Waals surface area contributed by atoms with Crippen molar-refractivity contribution in [1.82, 2.24) is 9.55 Å². The lowest BCUT2D eigenvalue weighted by Crippen LogP contribution is -2.29. The van der Waals surface area contributed by atoms with E-state index in [9.17, 15) is 5.11 Å². The number of rotatable bonds is 4.